The number of rotatable bonds is 4. The van der Waals surface area contributed by atoms with E-state index in [2.05, 4.69) is 36.3 Å². The summed E-state index contributed by atoms with van der Waals surface area (Å²) in [6.07, 6.45) is 4.34. The highest BCUT2D eigenvalue weighted by molar-refractivity contribution is 9.10. The summed E-state index contributed by atoms with van der Waals surface area (Å²) in [4.78, 5) is 8.93. The van der Waals surface area contributed by atoms with Crippen molar-refractivity contribution in [3.05, 3.63) is 34.5 Å². The standard InChI is InChI=1S/C12H14BrN5/c1-18-5-4-9(17-18)7-14-11-6-10(13)15-12(16-11)8-2-3-8/h4-6,8H,2-3,7H2,1H3,(H,14,15,16). The quantitative estimate of drug-likeness (QED) is 0.882. The monoisotopic (exact) mass is 307 g/mol. The molecule has 3 rings (SSSR count). The van der Waals surface area contributed by atoms with Crippen molar-refractivity contribution >= 4 is 21.7 Å². The molecule has 0 aromatic carbocycles. The van der Waals surface area contributed by atoms with Gasteiger partial charge in [0.25, 0.3) is 0 Å². The minimum Gasteiger partial charge on any atom is -0.364 e. The van der Waals surface area contributed by atoms with Crippen LogP contribution in [0, 0.1) is 0 Å². The van der Waals surface area contributed by atoms with Crippen molar-refractivity contribution in [2.45, 2.75) is 25.3 Å². The fourth-order valence-electron chi connectivity index (χ4n) is 1.79. The third-order valence-corrected chi connectivity index (χ3v) is 3.28. The van der Waals surface area contributed by atoms with E-state index in [4.69, 9.17) is 0 Å². The van der Waals surface area contributed by atoms with Gasteiger partial charge >= 0.3 is 0 Å². The minimum absolute atomic E-state index is 0.554. The highest BCUT2D eigenvalue weighted by Crippen LogP contribution is 2.38. The highest BCUT2D eigenvalue weighted by atomic mass is 79.9. The van der Waals surface area contributed by atoms with E-state index >= 15 is 0 Å². The van der Waals surface area contributed by atoms with Gasteiger partial charge in [0.15, 0.2) is 0 Å². The number of halogens is 1. The number of aryl methyl sites for hydroxylation is 1. The molecule has 2 aromatic rings. The highest BCUT2D eigenvalue weighted by Gasteiger charge is 2.27. The van der Waals surface area contributed by atoms with Crippen LogP contribution in [-0.4, -0.2) is 19.7 Å². The first-order chi connectivity index (χ1) is 8.70. The van der Waals surface area contributed by atoms with Crippen molar-refractivity contribution in [2.24, 2.45) is 7.05 Å². The first-order valence-electron chi connectivity index (χ1n) is 5.97. The molecule has 18 heavy (non-hydrogen) atoms. The lowest BCUT2D eigenvalue weighted by Crippen LogP contribution is -2.05. The van der Waals surface area contributed by atoms with E-state index in [1.165, 1.54) is 12.8 Å². The number of nitrogens with one attached hydrogen (secondary N) is 1. The van der Waals surface area contributed by atoms with Crippen molar-refractivity contribution in [1.29, 1.82) is 0 Å². The molecule has 2 aromatic heterocycles. The van der Waals surface area contributed by atoms with Crippen LogP contribution >= 0.6 is 15.9 Å². The fourth-order valence-corrected chi connectivity index (χ4v) is 2.19. The summed E-state index contributed by atoms with van der Waals surface area (Å²) >= 11 is 3.43. The van der Waals surface area contributed by atoms with Gasteiger partial charge in [-0.2, -0.15) is 5.10 Å². The Morgan fingerprint density at radius 1 is 1.44 bits per heavy atom. The van der Waals surface area contributed by atoms with Gasteiger partial charge in [-0.3, -0.25) is 4.68 Å². The van der Waals surface area contributed by atoms with Crippen molar-refractivity contribution in [3.63, 3.8) is 0 Å². The van der Waals surface area contributed by atoms with E-state index in [1.54, 1.807) is 4.68 Å². The van der Waals surface area contributed by atoms with E-state index in [1.807, 2.05) is 25.4 Å². The Morgan fingerprint density at radius 3 is 2.94 bits per heavy atom. The number of aromatic nitrogens is 4. The van der Waals surface area contributed by atoms with Crippen LogP contribution in [0.15, 0.2) is 22.9 Å². The van der Waals surface area contributed by atoms with E-state index in [0.29, 0.717) is 12.5 Å². The van der Waals surface area contributed by atoms with Crippen LogP contribution in [0.4, 0.5) is 5.82 Å². The average molecular weight is 308 g/mol. The van der Waals surface area contributed by atoms with Gasteiger partial charge < -0.3 is 5.32 Å². The van der Waals surface area contributed by atoms with Gasteiger partial charge in [-0.1, -0.05) is 0 Å². The van der Waals surface area contributed by atoms with E-state index in [9.17, 15) is 0 Å². The Labute approximate surface area is 114 Å². The summed E-state index contributed by atoms with van der Waals surface area (Å²) < 4.78 is 2.63. The third kappa shape index (κ3) is 2.69. The lowest BCUT2D eigenvalue weighted by atomic mass is 10.4. The first kappa shape index (κ1) is 11.6. The lowest BCUT2D eigenvalue weighted by Gasteiger charge is -2.06. The maximum atomic E-state index is 4.53. The molecule has 1 fully saturated rings. The van der Waals surface area contributed by atoms with E-state index < -0.39 is 0 Å². The van der Waals surface area contributed by atoms with Gasteiger partial charge in [0, 0.05) is 25.2 Å². The molecule has 0 bridgehead atoms. The second-order valence-corrected chi connectivity index (χ2v) is 5.36. The maximum absolute atomic E-state index is 4.53. The summed E-state index contributed by atoms with van der Waals surface area (Å²) in [6.45, 7) is 0.675. The Hall–Kier alpha value is -1.43. The summed E-state index contributed by atoms with van der Waals surface area (Å²) in [5.41, 5.74) is 1.00. The zero-order valence-corrected chi connectivity index (χ0v) is 11.7. The molecule has 94 valence electrons. The van der Waals surface area contributed by atoms with Crippen LogP contribution in [0.2, 0.25) is 0 Å². The van der Waals surface area contributed by atoms with E-state index in [-0.39, 0.29) is 0 Å². The number of hydrogen-bond donors (Lipinski definition) is 1. The lowest BCUT2D eigenvalue weighted by molar-refractivity contribution is 0.746. The second kappa shape index (κ2) is 4.68. The number of anilines is 1. The van der Waals surface area contributed by atoms with Gasteiger partial charge in [0.1, 0.15) is 16.2 Å². The first-order valence-corrected chi connectivity index (χ1v) is 6.77. The van der Waals surface area contributed by atoms with Crippen molar-refractivity contribution < 1.29 is 0 Å². The van der Waals surface area contributed by atoms with Crippen molar-refractivity contribution in [3.8, 4) is 0 Å². The molecule has 2 heterocycles. The molecule has 5 nitrogen and oxygen atoms in total. The van der Waals surface area contributed by atoms with Crippen LogP contribution in [0.1, 0.15) is 30.3 Å². The number of hydrogen-bond acceptors (Lipinski definition) is 4. The largest absolute Gasteiger partial charge is 0.364 e. The summed E-state index contributed by atoms with van der Waals surface area (Å²) in [5, 5.41) is 7.60. The topological polar surface area (TPSA) is 55.6 Å². The smallest absolute Gasteiger partial charge is 0.135 e. The Bertz CT molecular complexity index is 561. The van der Waals surface area contributed by atoms with Gasteiger partial charge in [0.05, 0.1) is 12.2 Å². The maximum Gasteiger partial charge on any atom is 0.135 e. The molecule has 0 spiro atoms. The Morgan fingerprint density at radius 2 is 2.28 bits per heavy atom. The molecule has 0 aliphatic heterocycles. The predicted octanol–water partition coefficient (Wildman–Crippen LogP) is 2.46. The molecule has 1 aliphatic rings. The fraction of sp³-hybridized carbons (Fsp3) is 0.417. The summed E-state index contributed by atoms with van der Waals surface area (Å²) in [7, 11) is 1.91. The molecule has 1 saturated carbocycles. The van der Waals surface area contributed by atoms with Crippen LogP contribution in [0.5, 0.6) is 0 Å². The molecular weight excluding hydrogens is 294 g/mol. The average Bonchev–Trinajstić information content (AvgIpc) is 3.10. The molecule has 0 radical (unpaired) electrons. The zero-order valence-electron chi connectivity index (χ0n) is 10.1. The van der Waals surface area contributed by atoms with Gasteiger partial charge in [-0.15, -0.1) is 0 Å². The van der Waals surface area contributed by atoms with E-state index in [0.717, 1.165) is 21.9 Å². The van der Waals surface area contributed by atoms with Gasteiger partial charge in [-0.05, 0) is 34.8 Å². The summed E-state index contributed by atoms with van der Waals surface area (Å²) in [6, 6.07) is 3.89. The molecule has 0 atom stereocenters. The summed E-state index contributed by atoms with van der Waals surface area (Å²) in [5.74, 6) is 2.34. The molecule has 1 N–H and O–H groups in total. The zero-order chi connectivity index (χ0) is 12.5. The normalized spacial score (nSPS) is 14.8. The molecule has 0 amide bonds. The molecule has 0 unspecified atom stereocenters. The molecule has 1 aliphatic carbocycles. The van der Waals surface area contributed by atoms with Crippen molar-refractivity contribution in [2.75, 3.05) is 5.32 Å². The van der Waals surface area contributed by atoms with Gasteiger partial charge in [-0.25, -0.2) is 9.97 Å². The minimum atomic E-state index is 0.554. The molecular formula is C12H14BrN5. The molecule has 0 saturated heterocycles. The van der Waals surface area contributed by atoms with Crippen LogP contribution in [0.3, 0.4) is 0 Å². The van der Waals surface area contributed by atoms with Crippen LogP contribution in [-0.2, 0) is 13.6 Å². The van der Waals surface area contributed by atoms with Crippen LogP contribution < -0.4 is 5.32 Å². The third-order valence-electron chi connectivity index (χ3n) is 2.87. The van der Waals surface area contributed by atoms with Gasteiger partial charge in [0.2, 0.25) is 0 Å². The van der Waals surface area contributed by atoms with Crippen molar-refractivity contribution in [1.82, 2.24) is 19.7 Å². The Balaban J connectivity index is 1.71. The SMILES string of the molecule is Cn1ccc(CNc2cc(Br)nc(C3CC3)n2)n1. The number of nitrogens with zero attached hydrogens (tertiary/aromatic N) is 4. The second-order valence-electron chi connectivity index (χ2n) is 4.54. The molecule has 6 heteroatoms. The van der Waals surface area contributed by atoms with Crippen LogP contribution in [0.25, 0.3) is 0 Å². The Kier molecular flexibility index (Phi) is 3.03. The predicted molar refractivity (Wildman–Crippen MR) is 72.2 cm³/mol.